The Kier molecular flexibility index (Phi) is 4.51. The van der Waals surface area contributed by atoms with Crippen LogP contribution in [0.25, 0.3) is 0 Å². The molecule has 1 fully saturated rings. The molecule has 3 heterocycles. The highest BCUT2D eigenvalue weighted by Crippen LogP contribution is 2.24. The second-order valence-electron chi connectivity index (χ2n) is 6.29. The summed E-state index contributed by atoms with van der Waals surface area (Å²) in [5.74, 6) is -0.141. The molecule has 25 heavy (non-hydrogen) atoms. The van der Waals surface area contributed by atoms with Gasteiger partial charge in [0.1, 0.15) is 11.9 Å². The summed E-state index contributed by atoms with van der Waals surface area (Å²) in [7, 11) is 3.23. The van der Waals surface area contributed by atoms with Gasteiger partial charge in [-0.25, -0.2) is 9.07 Å². The lowest BCUT2D eigenvalue weighted by Crippen LogP contribution is -2.38. The zero-order chi connectivity index (χ0) is 18.1. The van der Waals surface area contributed by atoms with Gasteiger partial charge in [-0.1, -0.05) is 10.4 Å². The average Bonchev–Trinajstić information content (AvgIpc) is 3.27. The van der Waals surface area contributed by atoms with Crippen LogP contribution < -0.4 is 0 Å². The van der Waals surface area contributed by atoms with Crippen molar-refractivity contribution < 1.29 is 18.5 Å². The zero-order valence-corrected chi connectivity index (χ0v) is 14.2. The van der Waals surface area contributed by atoms with Crippen LogP contribution in [0, 0.1) is 6.92 Å². The van der Waals surface area contributed by atoms with Crippen LogP contribution in [0.2, 0.25) is 0 Å². The maximum absolute atomic E-state index is 13.9. The summed E-state index contributed by atoms with van der Waals surface area (Å²) in [6.45, 7) is 1.92. The number of aryl methyl sites for hydroxylation is 1. The fourth-order valence-corrected chi connectivity index (χ4v) is 2.83. The van der Waals surface area contributed by atoms with Crippen molar-refractivity contribution in [1.29, 1.82) is 0 Å². The minimum Gasteiger partial charge on any atom is -0.361 e. The van der Waals surface area contributed by atoms with Crippen LogP contribution in [-0.4, -0.2) is 74.6 Å². The van der Waals surface area contributed by atoms with E-state index in [4.69, 9.17) is 4.52 Å². The van der Waals surface area contributed by atoms with E-state index in [1.807, 2.05) is 0 Å². The molecule has 0 unspecified atom stereocenters. The number of carbonyl (C=O) groups excluding carboxylic acids is 2. The van der Waals surface area contributed by atoms with Gasteiger partial charge in [0.2, 0.25) is 0 Å². The molecule has 0 aromatic carbocycles. The van der Waals surface area contributed by atoms with Crippen molar-refractivity contribution in [1.82, 2.24) is 30.0 Å². The molecule has 0 bridgehead atoms. The standard InChI is InChI=1S/C15H19FN6O3/c1-9-4-12(18-25-9)15(24)22-6-10(16)5-11(22)7-21-8-13(17-19-21)14(23)20(2)3/h4,8,10-11H,5-7H2,1-3H3/t10-,11-/m0/s1. The Bertz CT molecular complexity index is 786. The van der Waals surface area contributed by atoms with E-state index < -0.39 is 12.2 Å². The smallest absolute Gasteiger partial charge is 0.276 e. The van der Waals surface area contributed by atoms with Crippen molar-refractivity contribution in [3.63, 3.8) is 0 Å². The highest BCUT2D eigenvalue weighted by molar-refractivity contribution is 5.93. The summed E-state index contributed by atoms with van der Waals surface area (Å²) in [5.41, 5.74) is 0.350. The number of amides is 2. The van der Waals surface area contributed by atoms with Crippen molar-refractivity contribution in [2.24, 2.45) is 0 Å². The topological polar surface area (TPSA) is 97.4 Å². The molecule has 0 N–H and O–H groups in total. The van der Waals surface area contributed by atoms with Crippen LogP contribution in [-0.2, 0) is 6.54 Å². The van der Waals surface area contributed by atoms with Gasteiger partial charge in [-0.3, -0.25) is 9.59 Å². The van der Waals surface area contributed by atoms with E-state index in [1.54, 1.807) is 21.0 Å². The molecule has 134 valence electrons. The maximum Gasteiger partial charge on any atom is 0.276 e. The number of likely N-dealkylation sites (tertiary alicyclic amines) is 1. The van der Waals surface area contributed by atoms with E-state index >= 15 is 0 Å². The first-order valence-corrected chi connectivity index (χ1v) is 7.85. The lowest BCUT2D eigenvalue weighted by Gasteiger charge is -2.22. The second kappa shape index (κ2) is 6.61. The largest absolute Gasteiger partial charge is 0.361 e. The number of hydrogen-bond acceptors (Lipinski definition) is 6. The van der Waals surface area contributed by atoms with E-state index in [9.17, 15) is 14.0 Å². The monoisotopic (exact) mass is 350 g/mol. The number of nitrogens with zero attached hydrogens (tertiary/aromatic N) is 6. The minimum absolute atomic E-state index is 0.00636. The number of rotatable bonds is 4. The van der Waals surface area contributed by atoms with Gasteiger partial charge in [0.05, 0.1) is 25.3 Å². The second-order valence-corrected chi connectivity index (χ2v) is 6.29. The molecule has 0 saturated carbocycles. The van der Waals surface area contributed by atoms with Gasteiger partial charge in [-0.2, -0.15) is 0 Å². The molecule has 2 aromatic heterocycles. The Hall–Kier alpha value is -2.78. The van der Waals surface area contributed by atoms with Gasteiger partial charge in [0, 0.05) is 26.6 Å². The van der Waals surface area contributed by atoms with E-state index in [2.05, 4.69) is 15.5 Å². The molecule has 1 aliphatic heterocycles. The van der Waals surface area contributed by atoms with Gasteiger partial charge in [0.25, 0.3) is 11.8 Å². The first-order chi connectivity index (χ1) is 11.8. The fourth-order valence-electron chi connectivity index (χ4n) is 2.83. The summed E-state index contributed by atoms with van der Waals surface area (Å²) in [6, 6.07) is 1.12. The predicted molar refractivity (Wildman–Crippen MR) is 83.6 cm³/mol. The lowest BCUT2D eigenvalue weighted by atomic mass is 10.2. The van der Waals surface area contributed by atoms with Crippen LogP contribution >= 0.6 is 0 Å². The van der Waals surface area contributed by atoms with Crippen molar-refractivity contribution in [3.8, 4) is 0 Å². The normalized spacial score (nSPS) is 20.1. The Morgan fingerprint density at radius 3 is 2.80 bits per heavy atom. The van der Waals surface area contributed by atoms with Crippen LogP contribution in [0.5, 0.6) is 0 Å². The summed E-state index contributed by atoms with van der Waals surface area (Å²) >= 11 is 0. The molecule has 0 radical (unpaired) electrons. The molecule has 2 atom stereocenters. The Labute approximate surface area is 143 Å². The quantitative estimate of drug-likeness (QED) is 0.798. The first kappa shape index (κ1) is 17.1. The highest BCUT2D eigenvalue weighted by Gasteiger charge is 2.37. The number of halogens is 1. The molecule has 3 rings (SSSR count). The zero-order valence-electron chi connectivity index (χ0n) is 14.2. The van der Waals surface area contributed by atoms with Crippen molar-refractivity contribution in [3.05, 3.63) is 29.4 Å². The van der Waals surface area contributed by atoms with Crippen LogP contribution in [0.3, 0.4) is 0 Å². The third-order valence-corrected chi connectivity index (χ3v) is 4.03. The number of hydrogen-bond donors (Lipinski definition) is 0. The molecule has 9 nitrogen and oxygen atoms in total. The number of alkyl halides is 1. The third-order valence-electron chi connectivity index (χ3n) is 4.03. The fraction of sp³-hybridized carbons (Fsp3) is 0.533. The molecule has 2 aromatic rings. The van der Waals surface area contributed by atoms with Crippen molar-refractivity contribution in [2.75, 3.05) is 20.6 Å². The van der Waals surface area contributed by atoms with Crippen molar-refractivity contribution >= 4 is 11.8 Å². The van der Waals surface area contributed by atoms with Gasteiger partial charge in [0.15, 0.2) is 11.4 Å². The van der Waals surface area contributed by atoms with Crippen LogP contribution in [0.1, 0.15) is 33.2 Å². The molecule has 1 saturated heterocycles. The molecular formula is C15H19FN6O3. The Morgan fingerprint density at radius 1 is 1.40 bits per heavy atom. The lowest BCUT2D eigenvalue weighted by molar-refractivity contribution is 0.0703. The van der Waals surface area contributed by atoms with Gasteiger partial charge >= 0.3 is 0 Å². The van der Waals surface area contributed by atoms with E-state index in [0.717, 1.165) is 0 Å². The summed E-state index contributed by atoms with van der Waals surface area (Å²) in [5, 5.41) is 11.4. The van der Waals surface area contributed by atoms with E-state index in [1.165, 1.54) is 26.7 Å². The molecule has 0 spiro atoms. The molecule has 0 aliphatic carbocycles. The average molecular weight is 350 g/mol. The summed E-state index contributed by atoms with van der Waals surface area (Å²) < 4.78 is 20.3. The SMILES string of the molecule is Cc1cc(C(=O)N2C[C@@H](F)C[C@H]2Cn2cc(C(=O)N(C)C)nn2)no1. The molecular weight excluding hydrogens is 331 g/mol. The minimum atomic E-state index is -1.12. The maximum atomic E-state index is 13.9. The molecule has 10 heteroatoms. The van der Waals surface area contributed by atoms with E-state index in [-0.39, 0.29) is 42.7 Å². The van der Waals surface area contributed by atoms with Crippen LogP contribution in [0.4, 0.5) is 4.39 Å². The summed E-state index contributed by atoms with van der Waals surface area (Å²) in [6.07, 6.45) is 0.573. The van der Waals surface area contributed by atoms with E-state index in [0.29, 0.717) is 5.76 Å². The number of aromatic nitrogens is 4. The predicted octanol–water partition coefficient (Wildman–Crippen LogP) is 0.529. The summed E-state index contributed by atoms with van der Waals surface area (Å²) in [4.78, 5) is 27.2. The van der Waals surface area contributed by atoms with Crippen molar-refractivity contribution in [2.45, 2.75) is 32.1 Å². The highest BCUT2D eigenvalue weighted by atomic mass is 19.1. The first-order valence-electron chi connectivity index (χ1n) is 7.85. The Balaban J connectivity index is 1.74. The Morgan fingerprint density at radius 2 is 2.16 bits per heavy atom. The van der Waals surface area contributed by atoms with Gasteiger partial charge < -0.3 is 14.3 Å². The van der Waals surface area contributed by atoms with Gasteiger partial charge in [-0.05, 0) is 6.92 Å². The molecule has 2 amide bonds. The van der Waals surface area contributed by atoms with Gasteiger partial charge in [-0.15, -0.1) is 5.10 Å². The number of carbonyl (C=O) groups is 2. The molecule has 1 aliphatic rings. The third kappa shape index (κ3) is 3.52. The van der Waals surface area contributed by atoms with Crippen LogP contribution in [0.15, 0.2) is 16.8 Å².